The Bertz CT molecular complexity index is 928. The molecular formula is C25H34N4O2. The van der Waals surface area contributed by atoms with Crippen molar-refractivity contribution in [2.75, 3.05) is 43.4 Å². The maximum Gasteiger partial charge on any atom is 0.241 e. The molecule has 1 heterocycles. The number of benzene rings is 2. The van der Waals surface area contributed by atoms with Crippen LogP contribution in [0.5, 0.6) is 0 Å². The molecule has 2 N–H and O–H groups in total. The molecule has 31 heavy (non-hydrogen) atoms. The Morgan fingerprint density at radius 1 is 0.871 bits per heavy atom. The first-order chi connectivity index (χ1) is 14.8. The summed E-state index contributed by atoms with van der Waals surface area (Å²) in [6.45, 7) is 13.5. The van der Waals surface area contributed by atoms with E-state index >= 15 is 0 Å². The molecule has 6 nitrogen and oxygen atoms in total. The summed E-state index contributed by atoms with van der Waals surface area (Å²) in [5.41, 5.74) is 6.19. The van der Waals surface area contributed by atoms with Crippen LogP contribution >= 0.6 is 0 Å². The number of amides is 2. The number of nitrogens with one attached hydrogen (secondary N) is 2. The standard InChI is InChI=1S/C25H34N4O2/c1-17-8-7-11-22(20(17)4)26-23(30)16-28-12-14-29(15-13-28)21(5)25(31)27-24-18(2)9-6-10-19(24)3/h6-11,21H,12-16H2,1-5H3,(H,26,30)(H,27,31). The van der Waals surface area contributed by atoms with Crippen molar-refractivity contribution in [3.63, 3.8) is 0 Å². The van der Waals surface area contributed by atoms with Crippen molar-refractivity contribution >= 4 is 23.2 Å². The number of aryl methyl sites for hydroxylation is 3. The Balaban J connectivity index is 1.49. The summed E-state index contributed by atoms with van der Waals surface area (Å²) in [5, 5.41) is 6.13. The van der Waals surface area contributed by atoms with E-state index in [0.717, 1.165) is 54.2 Å². The van der Waals surface area contributed by atoms with Gasteiger partial charge in [-0.05, 0) is 62.9 Å². The van der Waals surface area contributed by atoms with Crippen LogP contribution in [0.3, 0.4) is 0 Å². The van der Waals surface area contributed by atoms with Gasteiger partial charge in [-0.25, -0.2) is 0 Å². The highest BCUT2D eigenvalue weighted by atomic mass is 16.2. The van der Waals surface area contributed by atoms with E-state index in [1.165, 1.54) is 5.56 Å². The van der Waals surface area contributed by atoms with Crippen LogP contribution in [0.25, 0.3) is 0 Å². The van der Waals surface area contributed by atoms with Crippen LogP contribution in [0.2, 0.25) is 0 Å². The van der Waals surface area contributed by atoms with Gasteiger partial charge in [0.1, 0.15) is 0 Å². The predicted molar refractivity (Wildman–Crippen MR) is 127 cm³/mol. The number of carbonyl (C=O) groups is 2. The molecule has 0 aliphatic carbocycles. The number of piperazine rings is 1. The fraction of sp³-hybridized carbons (Fsp3) is 0.440. The quantitative estimate of drug-likeness (QED) is 0.748. The third kappa shape index (κ3) is 5.71. The fourth-order valence-corrected chi connectivity index (χ4v) is 3.99. The second kappa shape index (κ2) is 10.1. The monoisotopic (exact) mass is 422 g/mol. The van der Waals surface area contributed by atoms with Gasteiger partial charge >= 0.3 is 0 Å². The van der Waals surface area contributed by atoms with E-state index in [1.807, 2.05) is 71.0 Å². The lowest BCUT2D eigenvalue weighted by molar-refractivity contribution is -0.122. The molecule has 6 heteroatoms. The highest BCUT2D eigenvalue weighted by molar-refractivity contribution is 5.96. The molecule has 2 aromatic carbocycles. The summed E-state index contributed by atoms with van der Waals surface area (Å²) in [6, 6.07) is 11.7. The van der Waals surface area contributed by atoms with Crippen molar-refractivity contribution in [3.8, 4) is 0 Å². The van der Waals surface area contributed by atoms with Crippen LogP contribution in [0, 0.1) is 27.7 Å². The zero-order valence-electron chi connectivity index (χ0n) is 19.3. The van der Waals surface area contributed by atoms with Crippen molar-refractivity contribution in [2.24, 2.45) is 0 Å². The van der Waals surface area contributed by atoms with Gasteiger partial charge in [0.05, 0.1) is 12.6 Å². The number of nitrogens with zero attached hydrogens (tertiary/aromatic N) is 2. The molecule has 2 aromatic rings. The molecular weight excluding hydrogens is 388 g/mol. The van der Waals surface area contributed by atoms with E-state index in [1.54, 1.807) is 0 Å². The summed E-state index contributed by atoms with van der Waals surface area (Å²) in [4.78, 5) is 29.6. The summed E-state index contributed by atoms with van der Waals surface area (Å²) < 4.78 is 0. The molecule has 1 atom stereocenters. The number of hydrogen-bond acceptors (Lipinski definition) is 4. The fourth-order valence-electron chi connectivity index (χ4n) is 3.99. The van der Waals surface area contributed by atoms with Gasteiger partial charge in [0.15, 0.2) is 0 Å². The molecule has 1 fully saturated rings. The van der Waals surface area contributed by atoms with E-state index in [-0.39, 0.29) is 17.9 Å². The average Bonchev–Trinajstić information content (AvgIpc) is 2.74. The van der Waals surface area contributed by atoms with Gasteiger partial charge in [0.2, 0.25) is 11.8 Å². The Labute approximate surface area is 185 Å². The van der Waals surface area contributed by atoms with Gasteiger partial charge in [-0.2, -0.15) is 0 Å². The van der Waals surface area contributed by atoms with E-state index in [4.69, 9.17) is 0 Å². The zero-order chi connectivity index (χ0) is 22.5. The summed E-state index contributed by atoms with van der Waals surface area (Å²) >= 11 is 0. The Kier molecular flexibility index (Phi) is 7.46. The van der Waals surface area contributed by atoms with Crippen LogP contribution in [0.15, 0.2) is 36.4 Å². The topological polar surface area (TPSA) is 64.7 Å². The van der Waals surface area contributed by atoms with Gasteiger partial charge in [-0.1, -0.05) is 30.3 Å². The lowest BCUT2D eigenvalue weighted by Crippen LogP contribution is -2.53. The lowest BCUT2D eigenvalue weighted by Gasteiger charge is -2.37. The Morgan fingerprint density at radius 3 is 2.10 bits per heavy atom. The van der Waals surface area contributed by atoms with Crippen molar-refractivity contribution < 1.29 is 9.59 Å². The van der Waals surface area contributed by atoms with Gasteiger partial charge in [0, 0.05) is 37.6 Å². The number of hydrogen-bond donors (Lipinski definition) is 2. The predicted octanol–water partition coefficient (Wildman–Crippen LogP) is 3.50. The van der Waals surface area contributed by atoms with E-state index in [0.29, 0.717) is 6.54 Å². The van der Waals surface area contributed by atoms with E-state index in [9.17, 15) is 9.59 Å². The summed E-state index contributed by atoms with van der Waals surface area (Å²) in [6.07, 6.45) is 0. The first-order valence-corrected chi connectivity index (χ1v) is 11.0. The molecule has 1 aliphatic heterocycles. The lowest BCUT2D eigenvalue weighted by atomic mass is 10.1. The number of anilines is 2. The van der Waals surface area contributed by atoms with Crippen LogP contribution in [-0.4, -0.2) is 60.4 Å². The first kappa shape index (κ1) is 23.0. The van der Waals surface area contributed by atoms with E-state index < -0.39 is 0 Å². The van der Waals surface area contributed by atoms with Crippen molar-refractivity contribution in [2.45, 2.75) is 40.7 Å². The minimum atomic E-state index is -0.218. The van der Waals surface area contributed by atoms with Gasteiger partial charge < -0.3 is 10.6 Å². The van der Waals surface area contributed by atoms with Gasteiger partial charge in [0.25, 0.3) is 0 Å². The average molecular weight is 423 g/mol. The van der Waals surface area contributed by atoms with Crippen molar-refractivity contribution in [3.05, 3.63) is 58.7 Å². The maximum atomic E-state index is 12.8. The van der Waals surface area contributed by atoms with Crippen LogP contribution < -0.4 is 10.6 Å². The molecule has 1 aliphatic rings. The second-order valence-electron chi connectivity index (χ2n) is 8.54. The van der Waals surface area contributed by atoms with E-state index in [2.05, 4.69) is 20.4 Å². The number of para-hydroxylation sites is 1. The number of rotatable bonds is 6. The second-order valence-corrected chi connectivity index (χ2v) is 8.54. The minimum Gasteiger partial charge on any atom is -0.325 e. The molecule has 0 spiro atoms. The highest BCUT2D eigenvalue weighted by Crippen LogP contribution is 2.21. The van der Waals surface area contributed by atoms with Crippen LogP contribution in [0.4, 0.5) is 11.4 Å². The van der Waals surface area contributed by atoms with Crippen molar-refractivity contribution in [1.82, 2.24) is 9.80 Å². The first-order valence-electron chi connectivity index (χ1n) is 11.0. The molecule has 3 rings (SSSR count). The molecule has 0 saturated carbocycles. The Hall–Kier alpha value is -2.70. The van der Waals surface area contributed by atoms with Crippen LogP contribution in [0.1, 0.15) is 29.2 Å². The highest BCUT2D eigenvalue weighted by Gasteiger charge is 2.27. The minimum absolute atomic E-state index is 0.00275. The molecule has 0 bridgehead atoms. The SMILES string of the molecule is Cc1cccc(NC(=O)CN2CCN(C(C)C(=O)Nc3c(C)cccc3C)CC2)c1C. The molecule has 1 unspecified atom stereocenters. The molecule has 0 radical (unpaired) electrons. The Morgan fingerprint density at radius 2 is 1.45 bits per heavy atom. The van der Waals surface area contributed by atoms with Gasteiger partial charge in [-0.3, -0.25) is 19.4 Å². The molecule has 1 saturated heterocycles. The maximum absolute atomic E-state index is 12.8. The number of carbonyl (C=O) groups excluding carboxylic acids is 2. The largest absolute Gasteiger partial charge is 0.325 e. The third-order valence-electron chi connectivity index (χ3n) is 6.31. The summed E-state index contributed by atoms with van der Waals surface area (Å²) in [5.74, 6) is 0.0153. The molecule has 2 amide bonds. The third-order valence-corrected chi connectivity index (χ3v) is 6.31. The zero-order valence-corrected chi connectivity index (χ0v) is 19.3. The van der Waals surface area contributed by atoms with Crippen molar-refractivity contribution in [1.29, 1.82) is 0 Å². The smallest absolute Gasteiger partial charge is 0.241 e. The molecule has 166 valence electrons. The van der Waals surface area contributed by atoms with Gasteiger partial charge in [-0.15, -0.1) is 0 Å². The normalized spacial score (nSPS) is 16.0. The van der Waals surface area contributed by atoms with Crippen LogP contribution in [-0.2, 0) is 9.59 Å². The molecule has 0 aromatic heterocycles. The summed E-state index contributed by atoms with van der Waals surface area (Å²) in [7, 11) is 0.